The van der Waals surface area contributed by atoms with Crippen LogP contribution >= 0.6 is 0 Å². The van der Waals surface area contributed by atoms with Crippen LogP contribution < -0.4 is 11.1 Å². The number of amides is 1. The van der Waals surface area contributed by atoms with Crippen LogP contribution in [-0.4, -0.2) is 29.7 Å². The number of aliphatic hydroxyl groups excluding tert-OH is 1. The zero-order valence-electron chi connectivity index (χ0n) is 9.69. The molecule has 0 heterocycles. The van der Waals surface area contributed by atoms with Crippen LogP contribution in [0.3, 0.4) is 0 Å². The zero-order chi connectivity index (χ0) is 12.8. The Bertz CT molecular complexity index is 385. The van der Waals surface area contributed by atoms with E-state index in [1.54, 1.807) is 18.2 Å². The number of hydrogen-bond acceptors (Lipinski definition) is 3. The first-order valence-electron chi connectivity index (χ1n) is 5.45. The third-order valence-corrected chi connectivity index (χ3v) is 2.47. The summed E-state index contributed by atoms with van der Waals surface area (Å²) in [5, 5.41) is 12.1. The Morgan fingerprint density at radius 3 is 2.76 bits per heavy atom. The van der Waals surface area contributed by atoms with E-state index >= 15 is 0 Å². The van der Waals surface area contributed by atoms with Crippen LogP contribution in [0.1, 0.15) is 12.5 Å². The predicted molar refractivity (Wildman–Crippen MR) is 62.8 cm³/mol. The van der Waals surface area contributed by atoms with Gasteiger partial charge in [0, 0.05) is 12.6 Å². The molecular formula is C12H17FN2O2. The van der Waals surface area contributed by atoms with Gasteiger partial charge < -0.3 is 16.2 Å². The molecule has 0 saturated heterocycles. The highest BCUT2D eigenvalue weighted by Crippen LogP contribution is 2.08. The number of nitrogens with one attached hydrogen (secondary N) is 1. The maximum absolute atomic E-state index is 13.3. The van der Waals surface area contributed by atoms with Gasteiger partial charge in [0.25, 0.3) is 0 Å². The SMILES string of the molecule is CC(Cc1ccccc1F)NCC(O)C(N)=O. The standard InChI is InChI=1S/C12H17FN2O2/c1-8(15-7-11(16)12(14)17)6-9-4-2-3-5-10(9)13/h2-5,8,11,15-16H,6-7H2,1H3,(H2,14,17). The fourth-order valence-electron chi connectivity index (χ4n) is 1.48. The Hall–Kier alpha value is -1.46. The first-order chi connectivity index (χ1) is 8.00. The van der Waals surface area contributed by atoms with Crippen molar-refractivity contribution >= 4 is 5.91 Å². The summed E-state index contributed by atoms with van der Waals surface area (Å²) >= 11 is 0. The Labute approximate surface area is 99.6 Å². The largest absolute Gasteiger partial charge is 0.382 e. The van der Waals surface area contributed by atoms with E-state index in [-0.39, 0.29) is 18.4 Å². The lowest BCUT2D eigenvalue weighted by Crippen LogP contribution is -2.41. The minimum absolute atomic E-state index is 0.0547. The van der Waals surface area contributed by atoms with Gasteiger partial charge in [-0.25, -0.2) is 4.39 Å². The van der Waals surface area contributed by atoms with Gasteiger partial charge >= 0.3 is 0 Å². The van der Waals surface area contributed by atoms with Crippen LogP contribution in [0.15, 0.2) is 24.3 Å². The lowest BCUT2D eigenvalue weighted by molar-refractivity contribution is -0.125. The van der Waals surface area contributed by atoms with E-state index in [0.717, 1.165) is 0 Å². The number of rotatable bonds is 6. The van der Waals surface area contributed by atoms with Gasteiger partial charge in [0.2, 0.25) is 5.91 Å². The molecule has 0 aromatic heterocycles. The summed E-state index contributed by atoms with van der Waals surface area (Å²) < 4.78 is 13.3. The summed E-state index contributed by atoms with van der Waals surface area (Å²) in [4.78, 5) is 10.6. The number of benzene rings is 1. The van der Waals surface area contributed by atoms with Crippen molar-refractivity contribution in [2.24, 2.45) is 5.73 Å². The molecule has 0 bridgehead atoms. The van der Waals surface area contributed by atoms with Gasteiger partial charge in [0.1, 0.15) is 11.9 Å². The molecule has 0 aliphatic carbocycles. The minimum atomic E-state index is -1.21. The number of nitrogens with two attached hydrogens (primary N) is 1. The average molecular weight is 240 g/mol. The fourth-order valence-corrected chi connectivity index (χ4v) is 1.48. The van der Waals surface area contributed by atoms with E-state index in [0.29, 0.717) is 12.0 Å². The highest BCUT2D eigenvalue weighted by atomic mass is 19.1. The molecule has 4 N–H and O–H groups in total. The first kappa shape index (κ1) is 13.6. The van der Waals surface area contributed by atoms with Crippen LogP contribution in [0.25, 0.3) is 0 Å². The number of halogens is 1. The fraction of sp³-hybridized carbons (Fsp3) is 0.417. The summed E-state index contributed by atoms with van der Waals surface area (Å²) in [5.41, 5.74) is 5.51. The lowest BCUT2D eigenvalue weighted by atomic mass is 10.1. The number of carbonyl (C=O) groups is 1. The topological polar surface area (TPSA) is 75.3 Å². The van der Waals surface area contributed by atoms with Crippen molar-refractivity contribution in [1.29, 1.82) is 0 Å². The molecule has 17 heavy (non-hydrogen) atoms. The van der Waals surface area contributed by atoms with Crippen molar-refractivity contribution in [3.63, 3.8) is 0 Å². The summed E-state index contributed by atoms with van der Waals surface area (Å²) in [6.45, 7) is 1.92. The van der Waals surface area contributed by atoms with Crippen molar-refractivity contribution in [1.82, 2.24) is 5.32 Å². The van der Waals surface area contributed by atoms with Crippen LogP contribution in [0.5, 0.6) is 0 Å². The van der Waals surface area contributed by atoms with Gasteiger partial charge in [0.05, 0.1) is 0 Å². The Morgan fingerprint density at radius 1 is 1.53 bits per heavy atom. The molecule has 5 heteroatoms. The van der Waals surface area contributed by atoms with Crippen molar-refractivity contribution < 1.29 is 14.3 Å². The third-order valence-electron chi connectivity index (χ3n) is 2.47. The number of primary amides is 1. The molecule has 0 radical (unpaired) electrons. The third kappa shape index (κ3) is 4.50. The van der Waals surface area contributed by atoms with E-state index in [1.807, 2.05) is 6.92 Å². The smallest absolute Gasteiger partial charge is 0.247 e. The second kappa shape index (κ2) is 6.32. The quantitative estimate of drug-likeness (QED) is 0.664. The van der Waals surface area contributed by atoms with E-state index in [2.05, 4.69) is 5.32 Å². The molecule has 1 amide bonds. The Kier molecular flexibility index (Phi) is 5.06. The number of aliphatic hydroxyl groups is 1. The molecule has 0 saturated carbocycles. The second-order valence-electron chi connectivity index (χ2n) is 4.02. The lowest BCUT2D eigenvalue weighted by Gasteiger charge is -2.15. The molecule has 0 aliphatic heterocycles. The molecule has 1 rings (SSSR count). The molecule has 0 aliphatic rings. The van der Waals surface area contributed by atoms with Crippen LogP contribution in [0.2, 0.25) is 0 Å². The van der Waals surface area contributed by atoms with Crippen molar-refractivity contribution in [2.45, 2.75) is 25.5 Å². The van der Waals surface area contributed by atoms with Gasteiger partial charge in [-0.3, -0.25) is 4.79 Å². The first-order valence-corrected chi connectivity index (χ1v) is 5.45. The minimum Gasteiger partial charge on any atom is -0.382 e. The van der Waals surface area contributed by atoms with Crippen molar-refractivity contribution in [3.8, 4) is 0 Å². The number of hydrogen-bond donors (Lipinski definition) is 3. The van der Waals surface area contributed by atoms with Crippen LogP contribution in [0, 0.1) is 5.82 Å². The highest BCUT2D eigenvalue weighted by Gasteiger charge is 2.13. The van der Waals surface area contributed by atoms with Crippen LogP contribution in [-0.2, 0) is 11.2 Å². The summed E-state index contributed by atoms with van der Waals surface area (Å²) in [6, 6.07) is 6.45. The van der Waals surface area contributed by atoms with Crippen LogP contribution in [0.4, 0.5) is 4.39 Å². The Morgan fingerprint density at radius 2 is 2.18 bits per heavy atom. The molecule has 4 nitrogen and oxygen atoms in total. The van der Waals surface area contributed by atoms with Gasteiger partial charge in [0.15, 0.2) is 0 Å². The number of carbonyl (C=O) groups excluding carboxylic acids is 1. The van der Waals surface area contributed by atoms with Gasteiger partial charge in [-0.15, -0.1) is 0 Å². The molecule has 2 unspecified atom stereocenters. The van der Waals surface area contributed by atoms with E-state index < -0.39 is 12.0 Å². The zero-order valence-corrected chi connectivity index (χ0v) is 9.69. The highest BCUT2D eigenvalue weighted by molar-refractivity contribution is 5.78. The van der Waals surface area contributed by atoms with E-state index in [1.165, 1.54) is 6.07 Å². The molecule has 0 fully saturated rings. The monoisotopic (exact) mass is 240 g/mol. The Balaban J connectivity index is 2.42. The molecule has 1 aromatic rings. The molecule has 1 aromatic carbocycles. The maximum Gasteiger partial charge on any atom is 0.247 e. The molecule has 2 atom stereocenters. The molecule has 0 spiro atoms. The normalized spacial score (nSPS) is 14.3. The molecule has 94 valence electrons. The second-order valence-corrected chi connectivity index (χ2v) is 4.02. The summed E-state index contributed by atoms with van der Waals surface area (Å²) in [6.07, 6.45) is -0.726. The van der Waals surface area contributed by atoms with Crippen molar-refractivity contribution in [3.05, 3.63) is 35.6 Å². The van der Waals surface area contributed by atoms with E-state index in [4.69, 9.17) is 5.73 Å². The van der Waals surface area contributed by atoms with Gasteiger partial charge in [-0.2, -0.15) is 0 Å². The summed E-state index contributed by atoms with van der Waals surface area (Å²) in [7, 11) is 0. The van der Waals surface area contributed by atoms with Crippen molar-refractivity contribution in [2.75, 3.05) is 6.54 Å². The van der Waals surface area contributed by atoms with Gasteiger partial charge in [-0.05, 0) is 25.0 Å². The van der Waals surface area contributed by atoms with Gasteiger partial charge in [-0.1, -0.05) is 18.2 Å². The predicted octanol–water partition coefficient (Wildman–Crippen LogP) is 0.193. The maximum atomic E-state index is 13.3. The average Bonchev–Trinajstić information content (AvgIpc) is 2.29. The van der Waals surface area contributed by atoms with E-state index in [9.17, 15) is 14.3 Å². The summed E-state index contributed by atoms with van der Waals surface area (Å²) in [5.74, 6) is -1.02. The molecular weight excluding hydrogens is 223 g/mol.